The van der Waals surface area contributed by atoms with Gasteiger partial charge in [-0.05, 0) is 83.5 Å². The summed E-state index contributed by atoms with van der Waals surface area (Å²) >= 11 is 0. The quantitative estimate of drug-likeness (QED) is 0.0199. The second-order valence-electron chi connectivity index (χ2n) is 17.2. The molecule has 0 radical (unpaired) electrons. The first kappa shape index (κ1) is 61.1. The molecule has 0 aromatic heterocycles. The molecule has 0 aromatic rings. The Labute approximate surface area is 400 Å². The third-order valence-electron chi connectivity index (χ3n) is 10.9. The summed E-state index contributed by atoms with van der Waals surface area (Å²) in [5.41, 5.74) is 0. The van der Waals surface area contributed by atoms with Crippen LogP contribution in [0.2, 0.25) is 0 Å². The highest BCUT2D eigenvalue weighted by Crippen LogP contribution is 2.13. The van der Waals surface area contributed by atoms with Gasteiger partial charge in [-0.2, -0.15) is 0 Å². The highest BCUT2D eigenvalue weighted by molar-refractivity contribution is 5.71. The predicted octanol–water partition coefficient (Wildman–Crippen LogP) is 17.5. The molecule has 0 saturated carbocycles. The van der Waals surface area contributed by atoms with Crippen LogP contribution in [0.5, 0.6) is 0 Å². The summed E-state index contributed by atoms with van der Waals surface area (Å²) in [4.78, 5) is 38.0. The number of carbonyl (C=O) groups excluding carboxylic acids is 3. The fraction of sp³-hybridized carbons (Fsp3) is 0.644. The summed E-state index contributed by atoms with van der Waals surface area (Å²) in [5.74, 6) is -1.02. The maximum Gasteiger partial charge on any atom is 0.306 e. The molecular formula is C59H96O6. The summed E-state index contributed by atoms with van der Waals surface area (Å²) in [7, 11) is 0. The molecule has 0 saturated heterocycles. The Kier molecular flexibility index (Phi) is 49.5. The highest BCUT2D eigenvalue weighted by atomic mass is 16.6. The van der Waals surface area contributed by atoms with Crippen molar-refractivity contribution in [2.45, 2.75) is 232 Å². The minimum atomic E-state index is -0.821. The molecule has 0 aliphatic heterocycles. The molecule has 6 nitrogen and oxygen atoms in total. The van der Waals surface area contributed by atoms with Gasteiger partial charge in [-0.3, -0.25) is 14.4 Å². The van der Waals surface area contributed by atoms with Crippen LogP contribution >= 0.6 is 0 Å². The lowest BCUT2D eigenvalue weighted by atomic mass is 10.1. The Morgan fingerprint density at radius 2 is 0.631 bits per heavy atom. The van der Waals surface area contributed by atoms with Crippen molar-refractivity contribution in [2.75, 3.05) is 13.2 Å². The Balaban J connectivity index is 4.53. The molecule has 0 aliphatic carbocycles. The lowest BCUT2D eigenvalue weighted by Crippen LogP contribution is -2.30. The van der Waals surface area contributed by atoms with Crippen molar-refractivity contribution in [2.24, 2.45) is 0 Å². The van der Waals surface area contributed by atoms with E-state index in [-0.39, 0.29) is 37.5 Å². The Hall–Kier alpha value is -3.93. The van der Waals surface area contributed by atoms with Crippen molar-refractivity contribution in [3.63, 3.8) is 0 Å². The predicted molar refractivity (Wildman–Crippen MR) is 279 cm³/mol. The largest absolute Gasteiger partial charge is 0.462 e. The van der Waals surface area contributed by atoms with Crippen LogP contribution in [-0.4, -0.2) is 37.2 Å². The molecule has 0 aromatic carbocycles. The van der Waals surface area contributed by atoms with Gasteiger partial charge >= 0.3 is 17.9 Å². The number of hydrogen-bond acceptors (Lipinski definition) is 6. The molecule has 6 heteroatoms. The second kappa shape index (κ2) is 52.7. The van der Waals surface area contributed by atoms with Crippen LogP contribution in [0.1, 0.15) is 226 Å². The topological polar surface area (TPSA) is 78.9 Å². The van der Waals surface area contributed by atoms with E-state index in [1.165, 1.54) is 89.9 Å². The van der Waals surface area contributed by atoms with Crippen LogP contribution in [0.4, 0.5) is 0 Å². The summed E-state index contributed by atoms with van der Waals surface area (Å²) < 4.78 is 16.7. The van der Waals surface area contributed by atoms with Crippen molar-refractivity contribution in [1.82, 2.24) is 0 Å². The second-order valence-corrected chi connectivity index (χ2v) is 17.2. The molecule has 0 bridgehead atoms. The van der Waals surface area contributed by atoms with Gasteiger partial charge in [0.1, 0.15) is 13.2 Å². The van der Waals surface area contributed by atoms with Gasteiger partial charge in [0, 0.05) is 19.3 Å². The monoisotopic (exact) mass is 901 g/mol. The number of esters is 3. The van der Waals surface area contributed by atoms with Gasteiger partial charge in [-0.1, -0.05) is 233 Å². The van der Waals surface area contributed by atoms with Gasteiger partial charge in [-0.25, -0.2) is 0 Å². The smallest absolute Gasteiger partial charge is 0.306 e. The zero-order valence-electron chi connectivity index (χ0n) is 42.0. The maximum absolute atomic E-state index is 12.8. The van der Waals surface area contributed by atoms with Gasteiger partial charge in [0.2, 0.25) is 0 Å². The van der Waals surface area contributed by atoms with E-state index < -0.39 is 6.10 Å². The van der Waals surface area contributed by atoms with Crippen molar-refractivity contribution in [3.8, 4) is 0 Å². The summed E-state index contributed by atoms with van der Waals surface area (Å²) in [5, 5.41) is 0. The minimum Gasteiger partial charge on any atom is -0.462 e. The number of hydrogen-bond donors (Lipinski definition) is 0. The average molecular weight is 901 g/mol. The zero-order chi connectivity index (χ0) is 47.2. The van der Waals surface area contributed by atoms with Crippen LogP contribution in [0.3, 0.4) is 0 Å². The summed E-state index contributed by atoms with van der Waals surface area (Å²) in [6.07, 6.45) is 70.8. The van der Waals surface area contributed by atoms with Gasteiger partial charge in [0.05, 0.1) is 0 Å². The molecule has 0 amide bonds. The molecule has 368 valence electrons. The Morgan fingerprint density at radius 1 is 0.323 bits per heavy atom. The number of unbranched alkanes of at least 4 members (excludes halogenated alkanes) is 23. The van der Waals surface area contributed by atoms with E-state index in [0.29, 0.717) is 19.3 Å². The summed E-state index contributed by atoms with van der Waals surface area (Å²) in [6.45, 7) is 6.38. The van der Waals surface area contributed by atoms with Gasteiger partial charge in [0.15, 0.2) is 6.10 Å². The average Bonchev–Trinajstić information content (AvgIpc) is 3.30. The molecule has 0 aliphatic rings. The van der Waals surface area contributed by atoms with Crippen LogP contribution < -0.4 is 0 Å². The van der Waals surface area contributed by atoms with E-state index in [0.717, 1.165) is 89.9 Å². The molecule has 0 heterocycles. The van der Waals surface area contributed by atoms with E-state index in [4.69, 9.17) is 14.2 Å². The Bertz CT molecular complexity index is 1360. The molecule has 0 spiro atoms. The molecule has 0 rings (SSSR count). The number of rotatable bonds is 46. The first-order valence-corrected chi connectivity index (χ1v) is 26.5. The minimum absolute atomic E-state index is 0.116. The van der Waals surface area contributed by atoms with Crippen molar-refractivity contribution >= 4 is 17.9 Å². The fourth-order valence-electron chi connectivity index (χ4n) is 6.94. The molecule has 1 atom stereocenters. The normalized spacial score (nSPS) is 13.0. The van der Waals surface area contributed by atoms with Crippen LogP contribution in [0.25, 0.3) is 0 Å². The van der Waals surface area contributed by atoms with Gasteiger partial charge in [-0.15, -0.1) is 0 Å². The van der Waals surface area contributed by atoms with Crippen molar-refractivity contribution in [1.29, 1.82) is 0 Å². The van der Waals surface area contributed by atoms with Crippen LogP contribution in [0.15, 0.2) is 109 Å². The van der Waals surface area contributed by atoms with E-state index in [1.807, 2.05) is 54.7 Å². The SMILES string of the molecule is CC\C=C/C=C\C=C/C=C\C=C/CCCC(=O)OCC(COC(=O)CCCCCCC\C=C/C=C\C=C/CCCCCCC)OC(=O)CCCCCCC/C=C\CCCCCCCCC. The zero-order valence-corrected chi connectivity index (χ0v) is 42.0. The van der Waals surface area contributed by atoms with Crippen LogP contribution in [0, 0.1) is 0 Å². The molecule has 1 unspecified atom stereocenters. The van der Waals surface area contributed by atoms with E-state index >= 15 is 0 Å². The first-order valence-electron chi connectivity index (χ1n) is 26.5. The molecule has 0 N–H and O–H groups in total. The van der Waals surface area contributed by atoms with Gasteiger partial charge in [0.25, 0.3) is 0 Å². The van der Waals surface area contributed by atoms with Gasteiger partial charge < -0.3 is 14.2 Å². The van der Waals surface area contributed by atoms with E-state index in [9.17, 15) is 14.4 Å². The number of allylic oxidation sites excluding steroid dienone is 18. The Morgan fingerprint density at radius 3 is 1.05 bits per heavy atom. The summed E-state index contributed by atoms with van der Waals surface area (Å²) in [6, 6.07) is 0. The molecule has 65 heavy (non-hydrogen) atoms. The number of carbonyl (C=O) groups is 3. The molecular weight excluding hydrogens is 805 g/mol. The third kappa shape index (κ3) is 50.9. The van der Waals surface area contributed by atoms with E-state index in [1.54, 1.807) is 0 Å². The number of ether oxygens (including phenoxy) is 3. The standard InChI is InChI=1S/C59H96O6/c1-4-7-10-13-16-19-22-25-27-29-30-32-34-37-40-43-46-49-52-58(61)64-55-56(54-63-57(60)51-48-45-42-39-36-33-24-21-18-15-12-9-6-3)65-59(62)53-50-47-44-41-38-35-31-28-26-23-20-17-14-11-8-5-2/h9,12,15,18,21-22,24-25,27-33,36,39,42,56H,4-8,10-11,13-14,16-17,19-20,23,26,34-35,37-38,40-41,43-55H2,1-3H3/b12-9-,18-15-,24-21-,25-22-,29-27-,31-28-,32-30-,36-33-,42-39-. The van der Waals surface area contributed by atoms with Crippen molar-refractivity contribution < 1.29 is 28.6 Å². The maximum atomic E-state index is 12.8. The lowest BCUT2D eigenvalue weighted by Gasteiger charge is -2.18. The lowest BCUT2D eigenvalue weighted by molar-refractivity contribution is -0.167. The molecule has 0 fully saturated rings. The van der Waals surface area contributed by atoms with E-state index in [2.05, 4.69) is 75.5 Å². The first-order chi connectivity index (χ1) is 32.0. The third-order valence-corrected chi connectivity index (χ3v) is 10.9. The van der Waals surface area contributed by atoms with Crippen molar-refractivity contribution in [3.05, 3.63) is 109 Å². The van der Waals surface area contributed by atoms with Crippen LogP contribution in [-0.2, 0) is 28.6 Å². The highest BCUT2D eigenvalue weighted by Gasteiger charge is 2.19. The fourth-order valence-corrected chi connectivity index (χ4v) is 6.94.